The standard InChI is InChI=1S/C18H30N2O2/c1-15(2)6-8-20-10-9-19(14-17(20)7-11-21)13-16-4-3-5-18(22)12-16/h3-5,12,15,17,21-22H,6-11,13-14H2,1-2H3. The summed E-state index contributed by atoms with van der Waals surface area (Å²) in [6, 6.07) is 7.95. The molecule has 1 aromatic rings. The average Bonchev–Trinajstić information content (AvgIpc) is 2.46. The molecule has 2 rings (SSSR count). The van der Waals surface area contributed by atoms with E-state index < -0.39 is 0 Å². The lowest BCUT2D eigenvalue weighted by Gasteiger charge is -2.41. The van der Waals surface area contributed by atoms with Gasteiger partial charge in [-0.25, -0.2) is 0 Å². The van der Waals surface area contributed by atoms with Crippen molar-refractivity contribution in [3.8, 4) is 5.75 Å². The lowest BCUT2D eigenvalue weighted by Crippen LogP contribution is -2.53. The molecular formula is C18H30N2O2. The summed E-state index contributed by atoms with van der Waals surface area (Å²) in [5.74, 6) is 1.06. The van der Waals surface area contributed by atoms with E-state index in [0.29, 0.717) is 11.8 Å². The van der Waals surface area contributed by atoms with Crippen LogP contribution >= 0.6 is 0 Å². The Balaban J connectivity index is 1.91. The number of hydrogen-bond acceptors (Lipinski definition) is 4. The smallest absolute Gasteiger partial charge is 0.115 e. The quantitative estimate of drug-likeness (QED) is 0.811. The first-order valence-corrected chi connectivity index (χ1v) is 8.43. The summed E-state index contributed by atoms with van der Waals surface area (Å²) < 4.78 is 0. The van der Waals surface area contributed by atoms with Crippen LogP contribution in [-0.4, -0.2) is 58.8 Å². The van der Waals surface area contributed by atoms with Gasteiger partial charge in [0, 0.05) is 38.8 Å². The fourth-order valence-electron chi connectivity index (χ4n) is 3.16. The topological polar surface area (TPSA) is 46.9 Å². The molecule has 1 heterocycles. The van der Waals surface area contributed by atoms with Gasteiger partial charge in [-0.15, -0.1) is 0 Å². The highest BCUT2D eigenvalue weighted by Gasteiger charge is 2.26. The van der Waals surface area contributed by atoms with Crippen molar-refractivity contribution in [1.29, 1.82) is 0 Å². The average molecular weight is 306 g/mol. The van der Waals surface area contributed by atoms with Crippen LogP contribution in [0, 0.1) is 5.92 Å². The third-order valence-corrected chi connectivity index (χ3v) is 4.46. The van der Waals surface area contributed by atoms with E-state index in [1.807, 2.05) is 12.1 Å². The first-order chi connectivity index (χ1) is 10.6. The first-order valence-electron chi connectivity index (χ1n) is 8.43. The number of hydrogen-bond donors (Lipinski definition) is 2. The minimum atomic E-state index is 0.253. The van der Waals surface area contributed by atoms with Gasteiger partial charge >= 0.3 is 0 Å². The van der Waals surface area contributed by atoms with E-state index in [2.05, 4.69) is 29.7 Å². The Bertz CT molecular complexity index is 450. The molecule has 0 radical (unpaired) electrons. The minimum absolute atomic E-state index is 0.253. The van der Waals surface area contributed by atoms with Crippen molar-refractivity contribution in [3.05, 3.63) is 29.8 Å². The van der Waals surface area contributed by atoms with Gasteiger partial charge in [-0.1, -0.05) is 26.0 Å². The molecule has 1 fully saturated rings. The van der Waals surface area contributed by atoms with E-state index in [-0.39, 0.29) is 6.61 Å². The van der Waals surface area contributed by atoms with Gasteiger partial charge in [-0.05, 0) is 43.0 Å². The molecule has 22 heavy (non-hydrogen) atoms. The molecule has 2 N–H and O–H groups in total. The van der Waals surface area contributed by atoms with Crippen LogP contribution in [0.5, 0.6) is 5.75 Å². The van der Waals surface area contributed by atoms with E-state index in [1.165, 1.54) is 6.42 Å². The minimum Gasteiger partial charge on any atom is -0.508 e. The Morgan fingerprint density at radius 3 is 2.77 bits per heavy atom. The molecule has 0 aromatic heterocycles. The summed E-state index contributed by atoms with van der Waals surface area (Å²) >= 11 is 0. The highest BCUT2D eigenvalue weighted by atomic mass is 16.3. The number of rotatable bonds is 7. The molecule has 1 atom stereocenters. The molecule has 1 aromatic carbocycles. The highest BCUT2D eigenvalue weighted by Crippen LogP contribution is 2.18. The third-order valence-electron chi connectivity index (χ3n) is 4.46. The van der Waals surface area contributed by atoms with Crippen LogP contribution in [0.3, 0.4) is 0 Å². The van der Waals surface area contributed by atoms with E-state index in [1.54, 1.807) is 6.07 Å². The number of phenols is 1. The second-order valence-electron chi connectivity index (χ2n) is 6.79. The molecule has 1 aliphatic rings. The summed E-state index contributed by atoms with van der Waals surface area (Å²) in [6.45, 7) is 9.89. The number of nitrogens with zero attached hydrogens (tertiary/aromatic N) is 2. The zero-order chi connectivity index (χ0) is 15.9. The maximum atomic E-state index is 9.58. The summed E-state index contributed by atoms with van der Waals surface area (Å²) in [5, 5.41) is 18.9. The molecular weight excluding hydrogens is 276 g/mol. The van der Waals surface area contributed by atoms with Gasteiger partial charge in [0.1, 0.15) is 5.75 Å². The first kappa shape index (κ1) is 17.3. The highest BCUT2D eigenvalue weighted by molar-refractivity contribution is 5.27. The summed E-state index contributed by atoms with van der Waals surface area (Å²) in [5.41, 5.74) is 1.15. The molecule has 0 saturated carbocycles. The zero-order valence-corrected chi connectivity index (χ0v) is 13.9. The molecule has 1 aliphatic heterocycles. The maximum Gasteiger partial charge on any atom is 0.115 e. The predicted octanol–water partition coefficient (Wildman–Crippen LogP) is 2.31. The van der Waals surface area contributed by atoms with Crippen molar-refractivity contribution in [3.63, 3.8) is 0 Å². The van der Waals surface area contributed by atoms with Crippen LogP contribution in [-0.2, 0) is 6.54 Å². The molecule has 0 amide bonds. The number of benzene rings is 1. The third kappa shape index (κ3) is 5.27. The molecule has 124 valence electrons. The zero-order valence-electron chi connectivity index (χ0n) is 13.9. The Kier molecular flexibility index (Phi) is 6.68. The van der Waals surface area contributed by atoms with Gasteiger partial charge < -0.3 is 10.2 Å². The summed E-state index contributed by atoms with van der Waals surface area (Å²) in [4.78, 5) is 4.97. The molecule has 0 aliphatic carbocycles. The molecule has 1 unspecified atom stereocenters. The van der Waals surface area contributed by atoms with E-state index in [0.717, 1.165) is 50.6 Å². The fraction of sp³-hybridized carbons (Fsp3) is 0.667. The van der Waals surface area contributed by atoms with Crippen molar-refractivity contribution in [1.82, 2.24) is 9.80 Å². The lowest BCUT2D eigenvalue weighted by molar-refractivity contribution is 0.0524. The SMILES string of the molecule is CC(C)CCN1CCN(Cc2cccc(O)c2)CC1CCO. The van der Waals surface area contributed by atoms with Crippen LogP contribution < -0.4 is 0 Å². The molecule has 0 bridgehead atoms. The largest absolute Gasteiger partial charge is 0.508 e. The normalized spacial score (nSPS) is 20.6. The van der Waals surface area contributed by atoms with Gasteiger partial charge in [-0.2, -0.15) is 0 Å². The van der Waals surface area contributed by atoms with Crippen molar-refractivity contribution >= 4 is 0 Å². The van der Waals surface area contributed by atoms with Crippen LogP contribution in [0.1, 0.15) is 32.3 Å². The lowest BCUT2D eigenvalue weighted by atomic mass is 10.0. The molecule has 4 heteroatoms. The van der Waals surface area contributed by atoms with Gasteiger partial charge in [0.05, 0.1) is 0 Å². The Morgan fingerprint density at radius 2 is 2.09 bits per heavy atom. The maximum absolute atomic E-state index is 9.58. The van der Waals surface area contributed by atoms with Crippen molar-refractivity contribution in [2.45, 2.75) is 39.3 Å². The van der Waals surface area contributed by atoms with Crippen molar-refractivity contribution in [2.75, 3.05) is 32.8 Å². The van der Waals surface area contributed by atoms with Crippen LogP contribution in [0.4, 0.5) is 0 Å². The number of aliphatic hydroxyl groups excluding tert-OH is 1. The Hall–Kier alpha value is -1.10. The van der Waals surface area contributed by atoms with Gasteiger partial charge in [0.2, 0.25) is 0 Å². The van der Waals surface area contributed by atoms with E-state index in [9.17, 15) is 10.2 Å². The van der Waals surface area contributed by atoms with Crippen molar-refractivity contribution in [2.24, 2.45) is 5.92 Å². The Labute approximate surface area is 134 Å². The number of aliphatic hydroxyl groups is 1. The van der Waals surface area contributed by atoms with E-state index in [4.69, 9.17) is 0 Å². The Morgan fingerprint density at radius 1 is 1.27 bits per heavy atom. The molecule has 0 spiro atoms. The predicted molar refractivity (Wildman–Crippen MR) is 89.9 cm³/mol. The summed E-state index contributed by atoms with van der Waals surface area (Å²) in [7, 11) is 0. The van der Waals surface area contributed by atoms with Crippen LogP contribution in [0.15, 0.2) is 24.3 Å². The second kappa shape index (κ2) is 8.51. The number of phenolic OH excluding ortho intramolecular Hbond substituents is 1. The van der Waals surface area contributed by atoms with Gasteiger partial charge in [-0.3, -0.25) is 9.80 Å². The van der Waals surface area contributed by atoms with Gasteiger partial charge in [0.25, 0.3) is 0 Å². The molecule has 4 nitrogen and oxygen atoms in total. The van der Waals surface area contributed by atoms with Crippen LogP contribution in [0.25, 0.3) is 0 Å². The van der Waals surface area contributed by atoms with Gasteiger partial charge in [0.15, 0.2) is 0 Å². The summed E-state index contributed by atoms with van der Waals surface area (Å²) in [6.07, 6.45) is 2.06. The number of piperazine rings is 1. The van der Waals surface area contributed by atoms with Crippen molar-refractivity contribution < 1.29 is 10.2 Å². The monoisotopic (exact) mass is 306 g/mol. The van der Waals surface area contributed by atoms with Crippen LogP contribution in [0.2, 0.25) is 0 Å². The molecule has 1 saturated heterocycles. The second-order valence-corrected chi connectivity index (χ2v) is 6.79. The van der Waals surface area contributed by atoms with E-state index >= 15 is 0 Å². The number of aromatic hydroxyl groups is 1. The fourth-order valence-corrected chi connectivity index (χ4v) is 3.16.